The van der Waals surface area contributed by atoms with E-state index in [0.717, 1.165) is 17.2 Å². The van der Waals surface area contributed by atoms with Crippen molar-refractivity contribution in [2.24, 2.45) is 0 Å². The fourth-order valence-electron chi connectivity index (χ4n) is 1.59. The Bertz CT molecular complexity index is 308. The third-order valence-corrected chi connectivity index (χ3v) is 2.56. The van der Waals surface area contributed by atoms with E-state index in [1.807, 2.05) is 13.0 Å². The first kappa shape index (κ1) is 8.63. The van der Waals surface area contributed by atoms with Gasteiger partial charge in [0.1, 0.15) is 5.82 Å². The van der Waals surface area contributed by atoms with E-state index in [1.165, 1.54) is 19.3 Å². The van der Waals surface area contributed by atoms with E-state index in [1.54, 1.807) is 0 Å². The van der Waals surface area contributed by atoms with Crippen LogP contribution in [0.4, 0.5) is 0 Å². The van der Waals surface area contributed by atoms with Crippen LogP contribution < -0.4 is 0 Å². The molecule has 13 heavy (non-hydrogen) atoms. The van der Waals surface area contributed by atoms with E-state index in [4.69, 9.17) is 5.11 Å². The molecule has 1 saturated carbocycles. The van der Waals surface area contributed by atoms with E-state index in [9.17, 15) is 0 Å². The van der Waals surface area contributed by atoms with Crippen molar-refractivity contribution in [3.8, 4) is 0 Å². The second kappa shape index (κ2) is 3.42. The monoisotopic (exact) mass is 178 g/mol. The third kappa shape index (κ3) is 1.70. The van der Waals surface area contributed by atoms with Gasteiger partial charge >= 0.3 is 0 Å². The van der Waals surface area contributed by atoms with Gasteiger partial charge in [-0.25, -0.2) is 9.97 Å². The maximum atomic E-state index is 8.97. The fourth-order valence-corrected chi connectivity index (χ4v) is 1.59. The molecule has 0 aliphatic heterocycles. The van der Waals surface area contributed by atoms with Gasteiger partial charge < -0.3 is 5.11 Å². The molecule has 1 N–H and O–H groups in total. The Balaban J connectivity index is 2.28. The summed E-state index contributed by atoms with van der Waals surface area (Å²) in [4.78, 5) is 8.69. The van der Waals surface area contributed by atoms with Crippen molar-refractivity contribution >= 4 is 0 Å². The van der Waals surface area contributed by atoms with Gasteiger partial charge in [-0.3, -0.25) is 0 Å². The van der Waals surface area contributed by atoms with Gasteiger partial charge in [-0.2, -0.15) is 0 Å². The van der Waals surface area contributed by atoms with Crippen molar-refractivity contribution < 1.29 is 5.11 Å². The number of hydrogen-bond acceptors (Lipinski definition) is 3. The molecule has 1 aliphatic rings. The molecule has 0 atom stereocenters. The molecular weight excluding hydrogens is 164 g/mol. The van der Waals surface area contributed by atoms with Gasteiger partial charge in [-0.1, -0.05) is 6.42 Å². The first-order chi connectivity index (χ1) is 6.29. The Hall–Kier alpha value is -0.960. The molecular formula is C10H14N2O. The maximum absolute atomic E-state index is 8.97. The summed E-state index contributed by atoms with van der Waals surface area (Å²) < 4.78 is 0. The van der Waals surface area contributed by atoms with Gasteiger partial charge in [0.15, 0.2) is 0 Å². The molecule has 1 aromatic rings. The summed E-state index contributed by atoms with van der Waals surface area (Å²) in [6.45, 7) is 1.96. The van der Waals surface area contributed by atoms with Gasteiger partial charge in [0.05, 0.1) is 12.3 Å². The highest BCUT2D eigenvalue weighted by Crippen LogP contribution is 2.34. The van der Waals surface area contributed by atoms with Gasteiger partial charge in [0.2, 0.25) is 0 Å². The molecule has 70 valence electrons. The zero-order valence-corrected chi connectivity index (χ0v) is 7.82. The normalized spacial score (nSPS) is 17.1. The molecule has 0 aromatic carbocycles. The molecule has 0 radical (unpaired) electrons. The lowest BCUT2D eigenvalue weighted by molar-refractivity contribution is 0.274. The summed E-state index contributed by atoms with van der Waals surface area (Å²) in [5, 5.41) is 8.97. The van der Waals surface area contributed by atoms with E-state index in [0.29, 0.717) is 5.92 Å². The minimum absolute atomic E-state index is 0.0169. The van der Waals surface area contributed by atoms with Crippen molar-refractivity contribution in [2.45, 2.75) is 38.7 Å². The third-order valence-electron chi connectivity index (χ3n) is 2.56. The van der Waals surface area contributed by atoms with Gasteiger partial charge in [0, 0.05) is 11.6 Å². The maximum Gasteiger partial charge on any atom is 0.132 e. The van der Waals surface area contributed by atoms with Crippen molar-refractivity contribution in [2.75, 3.05) is 0 Å². The van der Waals surface area contributed by atoms with Crippen LogP contribution in [0.25, 0.3) is 0 Å². The summed E-state index contributed by atoms with van der Waals surface area (Å²) in [6, 6.07) is 1.84. The standard InChI is InChI=1S/C10H14N2O/c1-7-5-9(6-13)12-10(11-7)8-3-2-4-8/h5,8,13H,2-4,6H2,1H3. The van der Waals surface area contributed by atoms with Crippen LogP contribution in [0.5, 0.6) is 0 Å². The molecule has 1 fully saturated rings. The molecule has 0 bridgehead atoms. The lowest BCUT2D eigenvalue weighted by atomic mass is 9.85. The topological polar surface area (TPSA) is 46.0 Å². The van der Waals surface area contributed by atoms with Crippen LogP contribution in [0.15, 0.2) is 6.07 Å². The summed E-state index contributed by atoms with van der Waals surface area (Å²) in [6.07, 6.45) is 3.69. The number of aliphatic hydroxyl groups excluding tert-OH is 1. The van der Waals surface area contributed by atoms with Crippen molar-refractivity contribution in [3.05, 3.63) is 23.3 Å². The highest BCUT2D eigenvalue weighted by atomic mass is 16.3. The smallest absolute Gasteiger partial charge is 0.132 e. The Morgan fingerprint density at radius 3 is 2.77 bits per heavy atom. The summed E-state index contributed by atoms with van der Waals surface area (Å²) >= 11 is 0. The molecule has 0 spiro atoms. The molecule has 3 heteroatoms. The summed E-state index contributed by atoms with van der Waals surface area (Å²) in [5.41, 5.74) is 1.70. The molecule has 1 aromatic heterocycles. The van der Waals surface area contributed by atoms with Crippen molar-refractivity contribution in [1.29, 1.82) is 0 Å². The van der Waals surface area contributed by atoms with E-state index in [-0.39, 0.29) is 6.61 Å². The predicted octanol–water partition coefficient (Wildman–Crippen LogP) is 1.54. The summed E-state index contributed by atoms with van der Waals surface area (Å²) in [5.74, 6) is 1.47. The quantitative estimate of drug-likeness (QED) is 0.747. The number of aromatic nitrogens is 2. The van der Waals surface area contributed by atoms with Gasteiger partial charge in [0.25, 0.3) is 0 Å². The van der Waals surface area contributed by atoms with Gasteiger partial charge in [-0.05, 0) is 25.8 Å². The van der Waals surface area contributed by atoms with Crippen molar-refractivity contribution in [1.82, 2.24) is 9.97 Å². The molecule has 1 heterocycles. The second-order valence-corrected chi connectivity index (χ2v) is 3.64. The van der Waals surface area contributed by atoms with Crippen LogP contribution in [-0.4, -0.2) is 15.1 Å². The molecule has 1 aliphatic carbocycles. The number of aliphatic hydroxyl groups is 1. The van der Waals surface area contributed by atoms with Crippen molar-refractivity contribution in [3.63, 3.8) is 0 Å². The zero-order chi connectivity index (χ0) is 9.26. The lowest BCUT2D eigenvalue weighted by Gasteiger charge is -2.24. The molecule has 3 nitrogen and oxygen atoms in total. The minimum atomic E-state index is 0.0169. The van der Waals surface area contributed by atoms with E-state index >= 15 is 0 Å². The molecule has 0 unspecified atom stereocenters. The molecule has 0 saturated heterocycles. The molecule has 0 amide bonds. The Morgan fingerprint density at radius 2 is 2.23 bits per heavy atom. The van der Waals surface area contributed by atoms with Gasteiger partial charge in [-0.15, -0.1) is 0 Å². The minimum Gasteiger partial charge on any atom is -0.390 e. The zero-order valence-electron chi connectivity index (χ0n) is 7.82. The average Bonchev–Trinajstić information content (AvgIpc) is 2.00. The SMILES string of the molecule is Cc1cc(CO)nc(C2CCC2)n1. The lowest BCUT2D eigenvalue weighted by Crippen LogP contribution is -2.14. The highest BCUT2D eigenvalue weighted by Gasteiger charge is 2.22. The fraction of sp³-hybridized carbons (Fsp3) is 0.600. The predicted molar refractivity (Wildman–Crippen MR) is 49.3 cm³/mol. The van der Waals surface area contributed by atoms with Crippen LogP contribution >= 0.6 is 0 Å². The van der Waals surface area contributed by atoms with Crippen LogP contribution in [0.2, 0.25) is 0 Å². The van der Waals surface area contributed by atoms with Crippen LogP contribution in [0.3, 0.4) is 0 Å². The Labute approximate surface area is 77.8 Å². The number of nitrogens with zero attached hydrogens (tertiary/aromatic N) is 2. The van der Waals surface area contributed by atoms with Crippen LogP contribution in [0.1, 0.15) is 42.4 Å². The Morgan fingerprint density at radius 1 is 1.46 bits per heavy atom. The van der Waals surface area contributed by atoms with E-state index < -0.39 is 0 Å². The highest BCUT2D eigenvalue weighted by molar-refractivity contribution is 5.12. The summed E-state index contributed by atoms with van der Waals surface area (Å²) in [7, 11) is 0. The number of rotatable bonds is 2. The van der Waals surface area contributed by atoms with E-state index in [2.05, 4.69) is 9.97 Å². The second-order valence-electron chi connectivity index (χ2n) is 3.64. The van der Waals surface area contributed by atoms with Crippen LogP contribution in [-0.2, 0) is 6.61 Å². The first-order valence-electron chi connectivity index (χ1n) is 4.75. The van der Waals surface area contributed by atoms with Crippen LogP contribution in [0, 0.1) is 6.92 Å². The number of hydrogen-bond donors (Lipinski definition) is 1. The first-order valence-corrected chi connectivity index (χ1v) is 4.75. The Kier molecular flexibility index (Phi) is 2.27. The molecule has 2 rings (SSSR count). The average molecular weight is 178 g/mol. The number of aryl methyl sites for hydroxylation is 1. The largest absolute Gasteiger partial charge is 0.390 e.